The first-order chi connectivity index (χ1) is 20.0. The molecule has 222 valence electrons. The molecule has 0 radical (unpaired) electrons. The highest BCUT2D eigenvalue weighted by Gasteiger charge is 2.39. The van der Waals surface area contributed by atoms with E-state index in [4.69, 9.17) is 14.0 Å². The number of rotatable bonds is 6. The molecule has 0 saturated carbocycles. The molecule has 3 aromatic rings. The van der Waals surface area contributed by atoms with E-state index in [1.54, 1.807) is 37.1 Å². The summed E-state index contributed by atoms with van der Waals surface area (Å²) in [6.45, 7) is 2.23. The van der Waals surface area contributed by atoms with E-state index in [0.717, 1.165) is 24.3 Å². The third-order valence-electron chi connectivity index (χ3n) is 7.28. The van der Waals surface area contributed by atoms with Crippen LogP contribution < -0.4 is 15.4 Å². The molecule has 2 N–H and O–H groups in total. The molecule has 3 heterocycles. The van der Waals surface area contributed by atoms with E-state index in [1.165, 1.54) is 6.07 Å². The lowest BCUT2D eigenvalue weighted by Crippen LogP contribution is -2.54. The topological polar surface area (TPSA) is 123 Å². The first-order valence-corrected chi connectivity index (χ1v) is 13.3. The van der Waals surface area contributed by atoms with Gasteiger partial charge in [0.15, 0.2) is 0 Å². The van der Waals surface area contributed by atoms with Gasteiger partial charge in [-0.1, -0.05) is 5.16 Å². The van der Waals surface area contributed by atoms with Crippen molar-refractivity contribution in [3.05, 3.63) is 76.7 Å². The van der Waals surface area contributed by atoms with Crippen molar-refractivity contribution in [1.82, 2.24) is 15.4 Å². The van der Waals surface area contributed by atoms with E-state index in [0.29, 0.717) is 36.6 Å². The summed E-state index contributed by atoms with van der Waals surface area (Å²) in [5.41, 5.74) is 0.402. The van der Waals surface area contributed by atoms with Crippen LogP contribution >= 0.6 is 0 Å². The molecule has 10 nitrogen and oxygen atoms in total. The van der Waals surface area contributed by atoms with Crippen molar-refractivity contribution in [2.24, 2.45) is 0 Å². The number of nitrogens with zero attached hydrogens (tertiary/aromatic N) is 2. The van der Waals surface area contributed by atoms with Gasteiger partial charge in [0.2, 0.25) is 5.91 Å². The maximum Gasteiger partial charge on any atom is 0.416 e. The molecule has 0 bridgehead atoms. The Bertz CT molecular complexity index is 1470. The summed E-state index contributed by atoms with van der Waals surface area (Å²) in [5.74, 6) is -0.384. The summed E-state index contributed by atoms with van der Waals surface area (Å²) in [4.78, 5) is 40.0. The van der Waals surface area contributed by atoms with Crippen LogP contribution in [0, 0.1) is 6.92 Å². The standard InChI is InChI=1S/C29H29F3N4O6/c1-16-11-21(42-35-16)13-26(37)33-14-20-8-9-23-25(41-20)15-40-24-10-7-19(12-22(24)28(39)36(23)2)34-27(38)17-3-5-18(6-4-17)29(30,31)32/h3-7,10-12,20,23,25H,8-9,13-15H2,1-2H3,(H,33,37)(H,34,38)/t20-,23-,25-/m0/s1. The highest BCUT2D eigenvalue weighted by Crippen LogP contribution is 2.32. The Morgan fingerprint density at radius 2 is 1.86 bits per heavy atom. The number of aryl methyl sites for hydroxylation is 1. The van der Waals surface area contributed by atoms with E-state index >= 15 is 0 Å². The molecule has 0 aliphatic carbocycles. The molecule has 2 aliphatic heterocycles. The quantitative estimate of drug-likeness (QED) is 0.448. The largest absolute Gasteiger partial charge is 0.490 e. The summed E-state index contributed by atoms with van der Waals surface area (Å²) in [6.07, 6.45) is -3.90. The average Bonchev–Trinajstić information content (AvgIpc) is 3.37. The minimum atomic E-state index is -4.51. The van der Waals surface area contributed by atoms with Gasteiger partial charge in [-0.05, 0) is 62.2 Å². The van der Waals surface area contributed by atoms with Crippen LogP contribution in [0.1, 0.15) is 50.6 Å². The van der Waals surface area contributed by atoms with Crippen LogP contribution in [0.25, 0.3) is 0 Å². The molecule has 2 aromatic carbocycles. The fourth-order valence-corrected chi connectivity index (χ4v) is 5.07. The Morgan fingerprint density at radius 1 is 1.10 bits per heavy atom. The fraction of sp³-hybridized carbons (Fsp3) is 0.379. The molecular formula is C29H29F3N4O6. The van der Waals surface area contributed by atoms with Crippen LogP contribution in [0.4, 0.5) is 18.9 Å². The number of amides is 3. The predicted molar refractivity (Wildman–Crippen MR) is 143 cm³/mol. The van der Waals surface area contributed by atoms with Crippen molar-refractivity contribution in [2.45, 2.75) is 50.6 Å². The van der Waals surface area contributed by atoms with Crippen LogP contribution in [-0.2, 0) is 22.1 Å². The lowest BCUT2D eigenvalue weighted by atomic mass is 9.95. The Kier molecular flexibility index (Phi) is 8.21. The molecule has 13 heteroatoms. The van der Waals surface area contributed by atoms with Crippen LogP contribution in [-0.4, -0.2) is 66.2 Å². The van der Waals surface area contributed by atoms with Crippen LogP contribution in [0.2, 0.25) is 0 Å². The van der Waals surface area contributed by atoms with Crippen molar-refractivity contribution >= 4 is 23.4 Å². The van der Waals surface area contributed by atoms with Gasteiger partial charge in [0.05, 0.1) is 35.4 Å². The first kappa shape index (κ1) is 29.1. The maximum atomic E-state index is 13.5. The van der Waals surface area contributed by atoms with Gasteiger partial charge in [0, 0.05) is 30.9 Å². The zero-order valence-corrected chi connectivity index (χ0v) is 22.9. The second-order valence-corrected chi connectivity index (χ2v) is 10.3. The van der Waals surface area contributed by atoms with Crippen molar-refractivity contribution in [3.8, 4) is 5.75 Å². The van der Waals surface area contributed by atoms with E-state index in [1.807, 2.05) is 0 Å². The smallest absolute Gasteiger partial charge is 0.416 e. The first-order valence-electron chi connectivity index (χ1n) is 13.3. The minimum absolute atomic E-state index is 0.0375. The van der Waals surface area contributed by atoms with Crippen molar-refractivity contribution < 1.29 is 41.6 Å². The normalized spacial score (nSPS) is 20.5. The maximum absolute atomic E-state index is 13.5. The second-order valence-electron chi connectivity index (χ2n) is 10.3. The molecule has 2 aliphatic rings. The Balaban J connectivity index is 1.21. The molecule has 1 aromatic heterocycles. The number of benzene rings is 2. The third kappa shape index (κ3) is 6.56. The molecule has 3 amide bonds. The van der Waals surface area contributed by atoms with Gasteiger partial charge in [-0.15, -0.1) is 0 Å². The Labute approximate surface area is 239 Å². The number of fused-ring (bicyclic) bond motifs is 2. The summed E-state index contributed by atoms with van der Waals surface area (Å²) < 4.78 is 55.8. The average molecular weight is 587 g/mol. The second kappa shape index (κ2) is 11.8. The van der Waals surface area contributed by atoms with Gasteiger partial charge in [0.1, 0.15) is 24.2 Å². The summed E-state index contributed by atoms with van der Waals surface area (Å²) in [6, 6.07) is 9.85. The van der Waals surface area contributed by atoms with Crippen LogP contribution in [0.5, 0.6) is 5.75 Å². The Morgan fingerprint density at radius 3 is 2.55 bits per heavy atom. The summed E-state index contributed by atoms with van der Waals surface area (Å²) in [5, 5.41) is 9.25. The van der Waals surface area contributed by atoms with Crippen LogP contribution in [0.3, 0.4) is 0 Å². The number of aromatic nitrogens is 1. The molecule has 1 fully saturated rings. The van der Waals surface area contributed by atoms with Gasteiger partial charge >= 0.3 is 6.18 Å². The molecular weight excluding hydrogens is 557 g/mol. The number of likely N-dealkylation sites (N-methyl/N-ethyl adjacent to an activating group) is 1. The lowest BCUT2D eigenvalue weighted by Gasteiger charge is -2.42. The summed E-state index contributed by atoms with van der Waals surface area (Å²) >= 11 is 0. The van der Waals surface area contributed by atoms with Gasteiger partial charge in [-0.25, -0.2) is 0 Å². The van der Waals surface area contributed by atoms with Crippen molar-refractivity contribution in [3.63, 3.8) is 0 Å². The van der Waals surface area contributed by atoms with E-state index < -0.39 is 23.8 Å². The molecule has 3 atom stereocenters. The zero-order chi connectivity index (χ0) is 30.0. The number of ether oxygens (including phenoxy) is 2. The lowest BCUT2D eigenvalue weighted by molar-refractivity contribution is -0.137. The number of carbonyl (C=O) groups is 3. The number of nitrogens with one attached hydrogen (secondary N) is 2. The highest BCUT2D eigenvalue weighted by molar-refractivity contribution is 6.05. The predicted octanol–water partition coefficient (Wildman–Crippen LogP) is 3.99. The number of carbonyl (C=O) groups excluding carboxylic acids is 3. The van der Waals surface area contributed by atoms with E-state index in [9.17, 15) is 27.6 Å². The molecule has 5 rings (SSSR count). The zero-order valence-electron chi connectivity index (χ0n) is 22.9. The molecule has 1 saturated heterocycles. The highest BCUT2D eigenvalue weighted by atomic mass is 19.4. The van der Waals surface area contributed by atoms with Crippen molar-refractivity contribution in [2.75, 3.05) is 25.5 Å². The van der Waals surface area contributed by atoms with Gasteiger partial charge in [-0.3, -0.25) is 14.4 Å². The number of hydrogen-bond donors (Lipinski definition) is 2. The number of hydrogen-bond acceptors (Lipinski definition) is 7. The van der Waals surface area contributed by atoms with Crippen LogP contribution in [0.15, 0.2) is 53.1 Å². The molecule has 42 heavy (non-hydrogen) atoms. The SMILES string of the molecule is Cc1cc(CC(=O)NC[C@@H]2CC[C@H]3[C@H](COc4ccc(NC(=O)c5ccc(C(F)(F)F)cc5)cc4C(=O)N3C)O2)on1. The van der Waals surface area contributed by atoms with E-state index in [-0.39, 0.29) is 53.8 Å². The monoisotopic (exact) mass is 586 g/mol. The summed E-state index contributed by atoms with van der Waals surface area (Å²) in [7, 11) is 1.67. The fourth-order valence-electron chi connectivity index (χ4n) is 5.07. The third-order valence-corrected chi connectivity index (χ3v) is 7.28. The van der Waals surface area contributed by atoms with Crippen molar-refractivity contribution in [1.29, 1.82) is 0 Å². The minimum Gasteiger partial charge on any atom is -0.490 e. The molecule has 0 spiro atoms. The Hall–Kier alpha value is -4.39. The van der Waals surface area contributed by atoms with Gasteiger partial charge in [-0.2, -0.15) is 13.2 Å². The van der Waals surface area contributed by atoms with Gasteiger partial charge in [0.25, 0.3) is 11.8 Å². The van der Waals surface area contributed by atoms with Gasteiger partial charge < -0.3 is 29.5 Å². The number of halogens is 3. The number of alkyl halides is 3. The number of anilines is 1. The molecule has 0 unspecified atom stereocenters. The van der Waals surface area contributed by atoms with E-state index in [2.05, 4.69) is 15.8 Å².